The number of halogens is 2. The summed E-state index contributed by atoms with van der Waals surface area (Å²) in [4.78, 5) is 2.47. The molecule has 0 spiro atoms. The molecule has 0 aromatic heterocycles. The minimum atomic E-state index is -1.33. The van der Waals surface area contributed by atoms with Crippen LogP contribution in [0.1, 0.15) is 17.2 Å². The van der Waals surface area contributed by atoms with Gasteiger partial charge in [-0.2, -0.15) is 0 Å². The van der Waals surface area contributed by atoms with E-state index in [9.17, 15) is 14.6 Å². The Morgan fingerprint density at radius 3 is 2.76 bits per heavy atom. The first-order chi connectivity index (χ1) is 7.99. The molecule has 0 bridgehead atoms. The van der Waals surface area contributed by atoms with Crippen LogP contribution in [0.2, 0.25) is 5.02 Å². The van der Waals surface area contributed by atoms with Crippen molar-refractivity contribution in [1.29, 1.82) is 0 Å². The Morgan fingerprint density at radius 1 is 1.53 bits per heavy atom. The predicted molar refractivity (Wildman–Crippen MR) is 61.1 cm³/mol. The fraction of sp³-hybridized carbons (Fsp3) is 0.400. The predicted octanol–water partition coefficient (Wildman–Crippen LogP) is 2.49. The first kappa shape index (κ1) is 13.7. The van der Waals surface area contributed by atoms with Crippen LogP contribution in [-0.4, -0.2) is 22.9 Å². The molecule has 1 aromatic rings. The smallest absolute Gasteiger partial charge is 0.127 e. The van der Waals surface area contributed by atoms with Gasteiger partial charge in [0.05, 0.1) is 17.7 Å². The number of aliphatic hydroxyl groups is 2. The Labute approximate surface area is 102 Å². The molecule has 5 nitrogen and oxygen atoms in total. The lowest BCUT2D eigenvalue weighted by Gasteiger charge is -2.18. The van der Waals surface area contributed by atoms with E-state index in [0.29, 0.717) is 0 Å². The van der Waals surface area contributed by atoms with Gasteiger partial charge in [0, 0.05) is 16.0 Å². The Balaban J connectivity index is 3.00. The highest BCUT2D eigenvalue weighted by Gasteiger charge is 2.21. The maximum atomic E-state index is 13.1. The molecule has 0 aliphatic heterocycles. The van der Waals surface area contributed by atoms with Gasteiger partial charge in [-0.1, -0.05) is 22.8 Å². The van der Waals surface area contributed by atoms with E-state index >= 15 is 0 Å². The highest BCUT2D eigenvalue weighted by atomic mass is 35.5. The molecule has 0 saturated heterocycles. The summed E-state index contributed by atoms with van der Waals surface area (Å²) in [6, 6.07) is 2.44. The first-order valence-electron chi connectivity index (χ1n) is 4.80. The van der Waals surface area contributed by atoms with E-state index < -0.39 is 18.0 Å². The maximum absolute atomic E-state index is 13.1. The molecule has 0 aliphatic rings. The largest absolute Gasteiger partial charge is 0.390 e. The van der Waals surface area contributed by atoms with Crippen molar-refractivity contribution in [2.24, 2.45) is 5.11 Å². The average Bonchev–Trinajstić information content (AvgIpc) is 2.32. The van der Waals surface area contributed by atoms with E-state index in [4.69, 9.17) is 17.1 Å². The van der Waals surface area contributed by atoms with Crippen molar-refractivity contribution in [3.8, 4) is 0 Å². The molecule has 0 radical (unpaired) electrons. The number of nitrogens with zero attached hydrogens (tertiary/aromatic N) is 3. The van der Waals surface area contributed by atoms with Gasteiger partial charge in [0.15, 0.2) is 0 Å². The third-order valence-corrected chi connectivity index (χ3v) is 2.87. The second-order valence-electron chi connectivity index (χ2n) is 3.50. The lowest BCUT2D eigenvalue weighted by molar-refractivity contribution is 0.0244. The highest BCUT2D eigenvalue weighted by Crippen LogP contribution is 2.29. The number of benzene rings is 1. The molecule has 2 unspecified atom stereocenters. The van der Waals surface area contributed by atoms with Gasteiger partial charge in [-0.25, -0.2) is 4.39 Å². The Hall–Kier alpha value is -1.33. The van der Waals surface area contributed by atoms with Gasteiger partial charge < -0.3 is 10.2 Å². The lowest BCUT2D eigenvalue weighted by atomic mass is 10.0. The van der Waals surface area contributed by atoms with Crippen LogP contribution < -0.4 is 0 Å². The zero-order chi connectivity index (χ0) is 13.0. The van der Waals surface area contributed by atoms with Gasteiger partial charge in [-0.3, -0.25) is 0 Å². The summed E-state index contributed by atoms with van der Waals surface area (Å²) in [5.41, 5.74) is 8.49. The minimum absolute atomic E-state index is 0.0532. The van der Waals surface area contributed by atoms with Crippen LogP contribution in [0, 0.1) is 12.7 Å². The van der Waals surface area contributed by atoms with Gasteiger partial charge in [-0.05, 0) is 18.5 Å². The number of aliphatic hydroxyl groups excluding tert-OH is 2. The van der Waals surface area contributed by atoms with Crippen molar-refractivity contribution in [3.63, 3.8) is 0 Å². The van der Waals surface area contributed by atoms with E-state index in [2.05, 4.69) is 10.0 Å². The molecular weight excluding hydrogens is 249 g/mol. The second kappa shape index (κ2) is 5.84. The Bertz CT molecular complexity index is 463. The summed E-state index contributed by atoms with van der Waals surface area (Å²) in [5, 5.41) is 22.5. The van der Waals surface area contributed by atoms with Crippen molar-refractivity contribution >= 4 is 11.6 Å². The van der Waals surface area contributed by atoms with Crippen LogP contribution in [0.25, 0.3) is 10.4 Å². The standard InChI is InChI=1S/C10H11ClFN3O2/c1-5-7(12)3-2-6(9(5)11)10(17)8(16)4-14-15-13/h2-3,8,10,16-17H,4H2,1H3. The van der Waals surface area contributed by atoms with Gasteiger partial charge in [0.25, 0.3) is 0 Å². The summed E-state index contributed by atoms with van der Waals surface area (Å²) in [5.74, 6) is -0.490. The number of hydrogen-bond acceptors (Lipinski definition) is 3. The van der Waals surface area contributed by atoms with E-state index in [1.54, 1.807) is 0 Å². The number of hydrogen-bond donors (Lipinski definition) is 2. The third kappa shape index (κ3) is 3.08. The van der Waals surface area contributed by atoms with E-state index in [-0.39, 0.29) is 22.7 Å². The van der Waals surface area contributed by atoms with E-state index in [0.717, 1.165) is 6.07 Å². The summed E-state index contributed by atoms with van der Waals surface area (Å²) in [6.45, 7) is 1.18. The summed E-state index contributed by atoms with van der Waals surface area (Å²) >= 11 is 5.86. The molecule has 2 N–H and O–H groups in total. The van der Waals surface area contributed by atoms with Crippen molar-refractivity contribution in [1.82, 2.24) is 0 Å². The zero-order valence-corrected chi connectivity index (χ0v) is 9.76. The SMILES string of the molecule is Cc1c(F)ccc(C(O)C(O)CN=[N+]=[N-])c1Cl. The fourth-order valence-corrected chi connectivity index (χ4v) is 1.60. The molecule has 0 saturated carbocycles. The molecule has 7 heteroatoms. The zero-order valence-electron chi connectivity index (χ0n) is 9.01. The van der Waals surface area contributed by atoms with Crippen LogP contribution >= 0.6 is 11.6 Å². The highest BCUT2D eigenvalue weighted by molar-refractivity contribution is 6.32. The number of rotatable bonds is 4. The summed E-state index contributed by atoms with van der Waals surface area (Å²) in [6.07, 6.45) is -2.61. The van der Waals surface area contributed by atoms with E-state index in [1.807, 2.05) is 0 Å². The van der Waals surface area contributed by atoms with Crippen LogP contribution in [0.4, 0.5) is 4.39 Å². The fourth-order valence-electron chi connectivity index (χ4n) is 1.34. The van der Waals surface area contributed by atoms with Crippen LogP contribution in [0.5, 0.6) is 0 Å². The molecule has 92 valence electrons. The summed E-state index contributed by atoms with van der Waals surface area (Å²) < 4.78 is 13.1. The van der Waals surface area contributed by atoms with Crippen molar-refractivity contribution in [2.75, 3.05) is 6.54 Å². The van der Waals surface area contributed by atoms with Gasteiger partial charge in [-0.15, -0.1) is 0 Å². The van der Waals surface area contributed by atoms with Crippen LogP contribution in [0.15, 0.2) is 17.2 Å². The third-order valence-electron chi connectivity index (χ3n) is 2.37. The Kier molecular flexibility index (Phi) is 4.72. The Morgan fingerprint density at radius 2 is 2.18 bits per heavy atom. The average molecular weight is 260 g/mol. The monoisotopic (exact) mass is 259 g/mol. The summed E-state index contributed by atoms with van der Waals surface area (Å²) in [7, 11) is 0. The molecule has 0 fully saturated rings. The van der Waals surface area contributed by atoms with Crippen LogP contribution in [0.3, 0.4) is 0 Å². The molecule has 0 amide bonds. The molecule has 17 heavy (non-hydrogen) atoms. The molecule has 2 atom stereocenters. The van der Waals surface area contributed by atoms with Gasteiger partial charge in [0.2, 0.25) is 0 Å². The molecule has 1 aromatic carbocycles. The van der Waals surface area contributed by atoms with Gasteiger partial charge in [0.1, 0.15) is 11.9 Å². The maximum Gasteiger partial charge on any atom is 0.127 e. The molecular formula is C10H11ClFN3O2. The quantitative estimate of drug-likeness (QED) is 0.494. The topological polar surface area (TPSA) is 89.2 Å². The normalized spacial score (nSPS) is 13.9. The second-order valence-corrected chi connectivity index (χ2v) is 3.88. The molecule has 0 aliphatic carbocycles. The minimum Gasteiger partial charge on any atom is -0.390 e. The first-order valence-corrected chi connectivity index (χ1v) is 5.18. The lowest BCUT2D eigenvalue weighted by Crippen LogP contribution is -2.21. The molecule has 0 heterocycles. The van der Waals surface area contributed by atoms with Crippen molar-refractivity contribution < 1.29 is 14.6 Å². The van der Waals surface area contributed by atoms with Crippen molar-refractivity contribution in [3.05, 3.63) is 44.5 Å². The molecule has 1 rings (SSSR count). The van der Waals surface area contributed by atoms with E-state index in [1.165, 1.54) is 13.0 Å². The van der Waals surface area contributed by atoms with Gasteiger partial charge >= 0.3 is 0 Å². The number of azide groups is 1. The van der Waals surface area contributed by atoms with Crippen molar-refractivity contribution in [2.45, 2.75) is 19.1 Å². The van der Waals surface area contributed by atoms with Crippen LogP contribution in [-0.2, 0) is 0 Å².